The number of nitrogens with zero attached hydrogens (tertiary/aromatic N) is 3. The lowest BCUT2D eigenvalue weighted by Crippen LogP contribution is -2.34. The first-order chi connectivity index (χ1) is 14.5. The van der Waals surface area contributed by atoms with Crippen molar-refractivity contribution in [3.8, 4) is 0 Å². The maximum atomic E-state index is 14.9. The van der Waals surface area contributed by atoms with Crippen LogP contribution >= 0.6 is 23.5 Å². The summed E-state index contributed by atoms with van der Waals surface area (Å²) >= 11 is 6.98. The molecule has 0 spiro atoms. The minimum Gasteiger partial charge on any atom is -0.370 e. The van der Waals surface area contributed by atoms with E-state index in [-0.39, 0.29) is 15.7 Å². The van der Waals surface area contributed by atoms with Gasteiger partial charge in [-0.15, -0.1) is 0 Å². The minimum absolute atomic E-state index is 0.0861. The number of fused-ring (bicyclic) bond motifs is 1. The molecule has 4 heterocycles. The zero-order chi connectivity index (χ0) is 20.8. The van der Waals surface area contributed by atoms with Gasteiger partial charge in [-0.25, -0.2) is 13.8 Å². The Kier molecular flexibility index (Phi) is 5.49. The van der Waals surface area contributed by atoms with E-state index in [1.165, 1.54) is 43.7 Å². The molecule has 1 aromatic carbocycles. The van der Waals surface area contributed by atoms with Gasteiger partial charge >= 0.3 is 0 Å². The Morgan fingerprint density at radius 2 is 2.03 bits per heavy atom. The zero-order valence-corrected chi connectivity index (χ0v) is 17.8. The third kappa shape index (κ3) is 3.85. The molecule has 1 aromatic heterocycles. The highest BCUT2D eigenvalue weighted by Gasteiger charge is 2.43. The molecule has 0 radical (unpaired) electrons. The van der Waals surface area contributed by atoms with E-state index in [2.05, 4.69) is 14.6 Å². The van der Waals surface area contributed by atoms with Crippen molar-refractivity contribution >= 4 is 35.1 Å². The van der Waals surface area contributed by atoms with Crippen LogP contribution in [-0.4, -0.2) is 42.1 Å². The van der Waals surface area contributed by atoms with Crippen molar-refractivity contribution in [2.45, 2.75) is 30.2 Å². The van der Waals surface area contributed by atoms with Crippen molar-refractivity contribution < 1.29 is 13.2 Å². The quantitative estimate of drug-likeness (QED) is 0.369. The van der Waals surface area contributed by atoms with Crippen molar-refractivity contribution in [2.75, 3.05) is 35.8 Å². The lowest BCUT2D eigenvalue weighted by Gasteiger charge is -2.28. The Bertz CT molecular complexity index is 956. The fourth-order valence-corrected chi connectivity index (χ4v) is 5.84. The first-order valence-electron chi connectivity index (χ1n) is 10.2. The highest BCUT2D eigenvalue weighted by Crippen LogP contribution is 2.42. The van der Waals surface area contributed by atoms with E-state index in [0.29, 0.717) is 23.6 Å². The third-order valence-corrected chi connectivity index (χ3v) is 7.66. The Morgan fingerprint density at radius 3 is 2.77 bits per heavy atom. The molecule has 1 aliphatic carbocycles. The van der Waals surface area contributed by atoms with E-state index < -0.39 is 17.6 Å². The Hall–Kier alpha value is -1.64. The van der Waals surface area contributed by atoms with Gasteiger partial charge in [-0.2, -0.15) is 4.39 Å². The number of aromatic nitrogens is 1. The monoisotopic (exact) mass is 454 g/mol. The van der Waals surface area contributed by atoms with Gasteiger partial charge < -0.3 is 9.62 Å². The van der Waals surface area contributed by atoms with Crippen LogP contribution in [-0.2, 0) is 0 Å². The van der Waals surface area contributed by atoms with E-state index in [1.54, 1.807) is 0 Å². The van der Waals surface area contributed by atoms with Crippen molar-refractivity contribution in [3.63, 3.8) is 0 Å². The summed E-state index contributed by atoms with van der Waals surface area (Å²) in [5.74, 6) is -0.660. The fourth-order valence-electron chi connectivity index (χ4n) is 4.84. The second-order valence-corrected chi connectivity index (χ2v) is 9.62. The predicted octanol–water partition coefficient (Wildman–Crippen LogP) is 5.19. The molecule has 2 aromatic rings. The van der Waals surface area contributed by atoms with Gasteiger partial charge in [-0.3, -0.25) is 4.90 Å². The Morgan fingerprint density at radius 1 is 1.20 bits per heavy atom. The van der Waals surface area contributed by atoms with Crippen LogP contribution < -0.4 is 9.62 Å². The normalized spacial score (nSPS) is 25.6. The summed E-state index contributed by atoms with van der Waals surface area (Å²) in [5, 5.41) is -0.0861. The van der Waals surface area contributed by atoms with Crippen LogP contribution in [0, 0.1) is 29.4 Å². The summed E-state index contributed by atoms with van der Waals surface area (Å²) in [4.78, 5) is 7.92. The summed E-state index contributed by atoms with van der Waals surface area (Å²) < 4.78 is 45.4. The van der Waals surface area contributed by atoms with Crippen LogP contribution in [0.4, 0.5) is 24.7 Å². The van der Waals surface area contributed by atoms with Crippen molar-refractivity contribution in [2.24, 2.45) is 11.8 Å². The SMILES string of the molecule is Fc1cccc(NSc2c(F)cc(N3CCC(CN4CC5CC4C5)C3)c(Cl)c2F)n1. The van der Waals surface area contributed by atoms with Crippen LogP contribution in [0.5, 0.6) is 0 Å². The average Bonchev–Trinajstić information content (AvgIpc) is 3.40. The van der Waals surface area contributed by atoms with Crippen LogP contribution in [0.3, 0.4) is 0 Å². The molecule has 0 amide bonds. The first kappa shape index (κ1) is 20.3. The van der Waals surface area contributed by atoms with Crippen LogP contribution in [0.1, 0.15) is 19.3 Å². The van der Waals surface area contributed by atoms with Gasteiger partial charge in [0.05, 0.1) is 5.69 Å². The number of benzene rings is 1. The summed E-state index contributed by atoms with van der Waals surface area (Å²) in [6.45, 7) is 3.75. The molecule has 3 saturated heterocycles. The Balaban J connectivity index is 1.27. The number of hydrogen-bond donors (Lipinski definition) is 1. The maximum Gasteiger partial charge on any atom is 0.214 e. The highest BCUT2D eigenvalue weighted by molar-refractivity contribution is 8.00. The lowest BCUT2D eigenvalue weighted by atomic mass is 9.86. The van der Waals surface area contributed by atoms with Crippen LogP contribution in [0.2, 0.25) is 5.02 Å². The van der Waals surface area contributed by atoms with Gasteiger partial charge in [0.1, 0.15) is 21.6 Å². The molecular formula is C21H22ClF3N4S. The van der Waals surface area contributed by atoms with Crippen molar-refractivity contribution in [3.05, 3.63) is 46.9 Å². The summed E-state index contributed by atoms with van der Waals surface area (Å²) in [6, 6.07) is 6.21. The molecule has 9 heteroatoms. The second kappa shape index (κ2) is 8.13. The number of anilines is 2. The first-order valence-corrected chi connectivity index (χ1v) is 11.4. The number of rotatable bonds is 6. The van der Waals surface area contributed by atoms with Gasteiger partial charge in [-0.1, -0.05) is 17.7 Å². The molecule has 2 bridgehead atoms. The van der Waals surface area contributed by atoms with Crippen LogP contribution in [0.25, 0.3) is 0 Å². The molecule has 1 unspecified atom stereocenters. The summed E-state index contributed by atoms with van der Waals surface area (Å²) in [5.41, 5.74) is 0.396. The molecule has 4 aliphatic rings. The lowest BCUT2D eigenvalue weighted by molar-refractivity contribution is 0.220. The maximum absolute atomic E-state index is 14.9. The molecule has 1 saturated carbocycles. The smallest absolute Gasteiger partial charge is 0.214 e. The molecule has 1 atom stereocenters. The van der Waals surface area contributed by atoms with E-state index in [1.807, 2.05) is 4.90 Å². The van der Waals surface area contributed by atoms with E-state index in [0.717, 1.165) is 38.0 Å². The topological polar surface area (TPSA) is 31.4 Å². The average molecular weight is 455 g/mol. The van der Waals surface area contributed by atoms with Gasteiger partial charge in [0, 0.05) is 38.3 Å². The highest BCUT2D eigenvalue weighted by atomic mass is 35.5. The molecule has 4 nitrogen and oxygen atoms in total. The van der Waals surface area contributed by atoms with E-state index in [9.17, 15) is 13.2 Å². The minimum atomic E-state index is -0.815. The van der Waals surface area contributed by atoms with Crippen molar-refractivity contribution in [1.82, 2.24) is 9.88 Å². The largest absolute Gasteiger partial charge is 0.370 e. The number of hydrogen-bond acceptors (Lipinski definition) is 5. The second-order valence-electron chi connectivity index (χ2n) is 8.43. The molecule has 4 fully saturated rings. The zero-order valence-electron chi connectivity index (χ0n) is 16.3. The number of nitrogens with one attached hydrogen (secondary N) is 1. The standard InChI is InChI=1S/C21H22ClF3N4S/c22-19-16(28-5-4-12(9-28)10-29-11-13-6-14(29)7-13)8-15(23)21(20(19)25)30-27-18-3-1-2-17(24)26-18/h1-3,8,12-14H,4-7,9-11H2,(H,26,27). The van der Waals surface area contributed by atoms with Gasteiger partial charge in [0.25, 0.3) is 0 Å². The molecular weight excluding hydrogens is 433 g/mol. The fraction of sp³-hybridized carbons (Fsp3) is 0.476. The third-order valence-electron chi connectivity index (χ3n) is 6.41. The van der Waals surface area contributed by atoms with Crippen LogP contribution in [0.15, 0.2) is 29.2 Å². The molecule has 6 rings (SSSR count). The van der Waals surface area contributed by atoms with Gasteiger partial charge in [0.15, 0.2) is 5.82 Å². The van der Waals surface area contributed by atoms with Crippen molar-refractivity contribution in [1.29, 1.82) is 0 Å². The van der Waals surface area contributed by atoms with Gasteiger partial charge in [-0.05, 0) is 55.2 Å². The number of pyridine rings is 1. The van der Waals surface area contributed by atoms with Gasteiger partial charge in [0.2, 0.25) is 5.95 Å². The molecule has 1 N–H and O–H groups in total. The Labute approximate surface area is 182 Å². The number of halogens is 4. The summed E-state index contributed by atoms with van der Waals surface area (Å²) in [6.07, 6.45) is 3.66. The van der Waals surface area contributed by atoms with E-state index >= 15 is 0 Å². The molecule has 3 aliphatic heterocycles. The predicted molar refractivity (Wildman–Crippen MR) is 113 cm³/mol. The van der Waals surface area contributed by atoms with E-state index in [4.69, 9.17) is 11.6 Å². The summed E-state index contributed by atoms with van der Waals surface area (Å²) in [7, 11) is 0. The molecule has 160 valence electrons. The molecule has 30 heavy (non-hydrogen) atoms.